The van der Waals surface area contributed by atoms with Crippen LogP contribution in [0.4, 0.5) is 17.6 Å². The largest absolute Gasteiger partial charge is 0.474 e. The Morgan fingerprint density at radius 3 is 0.988 bits per heavy atom. The van der Waals surface area contributed by atoms with Gasteiger partial charge in [0.2, 0.25) is 23.3 Å². The molecule has 472 valence electrons. The van der Waals surface area contributed by atoms with Gasteiger partial charge in [0.15, 0.2) is 0 Å². The molecule has 0 spiro atoms. The number of halogens is 4. The van der Waals surface area contributed by atoms with E-state index in [1.54, 1.807) is 19.9 Å². The van der Waals surface area contributed by atoms with Crippen molar-refractivity contribution in [3.05, 3.63) is 131 Å². The first-order valence-corrected chi connectivity index (χ1v) is 30.2. The van der Waals surface area contributed by atoms with Crippen LogP contribution in [-0.2, 0) is 87.0 Å². The second-order valence-corrected chi connectivity index (χ2v) is 25.0. The molecule has 85 heavy (non-hydrogen) atoms. The molecule has 4 aliphatic rings. The number of H-pyrrole nitrogens is 4. The van der Waals surface area contributed by atoms with Crippen molar-refractivity contribution in [2.75, 3.05) is 54.9 Å². The first-order chi connectivity index (χ1) is 40.0. The highest BCUT2D eigenvalue weighted by Gasteiger charge is 2.50. The summed E-state index contributed by atoms with van der Waals surface area (Å²) in [7, 11) is -16.6. The third kappa shape index (κ3) is 15.3. The van der Waals surface area contributed by atoms with Crippen LogP contribution in [-0.4, -0.2) is 152 Å². The molecule has 0 amide bonds. The third-order valence-corrected chi connectivity index (χ3v) is 18.2. The summed E-state index contributed by atoms with van der Waals surface area (Å²) in [5, 5.41) is 10.7. The van der Waals surface area contributed by atoms with E-state index in [0.717, 1.165) is 28.4 Å². The maximum Gasteiger partial charge on any atom is 0.474 e. The van der Waals surface area contributed by atoms with Gasteiger partial charge in [-0.3, -0.25) is 107 Å². The van der Waals surface area contributed by atoms with Gasteiger partial charge in [-0.15, -0.1) is 0 Å². The number of aromatic nitrogens is 8. The SMILES string of the molecule is COP(=O)(O)OCC1OC(n2cc(F)c(=O)[nH]c2=O)CC1OP(=O)(OC)OCC1OC(n2cc(F)c(=O)[nH]c2=O)CC1OP(=O)(OC)OCC1OC(n2cc(F)c(=O)[nH]c2=O)CC1OP(=O)(OC)OCC1OC(n2cc(F)c(=O)[nH]c2=O)CC1O. The zero-order chi connectivity index (χ0) is 62.1. The lowest BCUT2D eigenvalue weighted by molar-refractivity contribution is -0.0660. The number of aromatic amines is 4. The lowest BCUT2D eigenvalue weighted by atomic mass is 10.2. The second kappa shape index (κ2) is 26.6. The number of phosphoric acid groups is 4. The highest BCUT2D eigenvalue weighted by Crippen LogP contribution is 2.57. The van der Waals surface area contributed by atoms with Crippen LogP contribution in [0, 0.1) is 23.3 Å². The summed E-state index contributed by atoms with van der Waals surface area (Å²) in [5.41, 5.74) is -10.4. The van der Waals surface area contributed by atoms with E-state index >= 15 is 0 Å². The van der Waals surface area contributed by atoms with Gasteiger partial charge in [-0.2, -0.15) is 17.6 Å². The van der Waals surface area contributed by atoms with Gasteiger partial charge in [0, 0.05) is 54.1 Å². The minimum Gasteiger partial charge on any atom is -0.390 e. The molecule has 0 bridgehead atoms. The molecule has 0 aliphatic carbocycles. The Morgan fingerprint density at radius 2 is 0.706 bits per heavy atom. The first kappa shape index (κ1) is 65.7. The smallest absolute Gasteiger partial charge is 0.390 e. The summed E-state index contributed by atoms with van der Waals surface area (Å²) in [5.74, 6) is -5.78. The minimum absolute atomic E-state index is 0.380. The van der Waals surface area contributed by atoms with Crippen LogP contribution in [0.25, 0.3) is 0 Å². The molecule has 4 fully saturated rings. The van der Waals surface area contributed by atoms with Gasteiger partial charge in [-0.1, -0.05) is 0 Å². The van der Waals surface area contributed by atoms with Crippen LogP contribution >= 0.6 is 31.3 Å². The summed E-state index contributed by atoms with van der Waals surface area (Å²) >= 11 is 0. The van der Waals surface area contributed by atoms with Gasteiger partial charge in [0.05, 0.1) is 57.3 Å². The number of hydrogen-bond donors (Lipinski definition) is 6. The van der Waals surface area contributed by atoms with E-state index in [0.29, 0.717) is 43.1 Å². The predicted octanol–water partition coefficient (Wildman–Crippen LogP) is -0.513. The van der Waals surface area contributed by atoms with Crippen molar-refractivity contribution >= 4 is 31.3 Å². The Hall–Kier alpha value is -5.32. The molecular formula is C40H50F4N8O29P4. The maximum atomic E-state index is 14.6. The molecule has 4 saturated heterocycles. The van der Waals surface area contributed by atoms with Crippen LogP contribution in [0.5, 0.6) is 0 Å². The quantitative estimate of drug-likeness (QED) is 0.0340. The van der Waals surface area contributed by atoms with E-state index in [4.69, 9.17) is 64.2 Å². The monoisotopic (exact) mass is 1310 g/mol. The predicted molar refractivity (Wildman–Crippen MR) is 264 cm³/mol. The average molecular weight is 1310 g/mol. The van der Waals surface area contributed by atoms with Crippen LogP contribution in [0.3, 0.4) is 0 Å². The normalized spacial score (nSPS) is 28.9. The molecule has 8 heterocycles. The van der Waals surface area contributed by atoms with Crippen molar-refractivity contribution in [1.82, 2.24) is 38.2 Å². The number of hydrogen-bond acceptors (Lipinski definition) is 28. The molecule has 6 N–H and O–H groups in total. The van der Waals surface area contributed by atoms with Crippen molar-refractivity contribution < 1.29 is 115 Å². The van der Waals surface area contributed by atoms with Crippen molar-refractivity contribution in [3.63, 3.8) is 0 Å². The average Bonchev–Trinajstić information content (AvgIpc) is 3.44. The zero-order valence-electron chi connectivity index (χ0n) is 43.9. The number of nitrogens with one attached hydrogen (secondary N) is 4. The van der Waals surface area contributed by atoms with Gasteiger partial charge in [0.25, 0.3) is 22.2 Å². The van der Waals surface area contributed by atoms with E-state index in [9.17, 15) is 84.2 Å². The lowest BCUT2D eigenvalue weighted by Crippen LogP contribution is -2.34. The summed E-state index contributed by atoms with van der Waals surface area (Å²) in [4.78, 5) is 115. The molecule has 4 aromatic heterocycles. The van der Waals surface area contributed by atoms with Gasteiger partial charge in [-0.05, 0) is 0 Å². The Balaban J connectivity index is 1.01. The van der Waals surface area contributed by atoms with Crippen molar-refractivity contribution in [2.45, 2.75) is 99.4 Å². The minimum atomic E-state index is -5.14. The molecule has 0 aromatic carbocycles. The van der Waals surface area contributed by atoms with E-state index in [-0.39, 0.29) is 6.42 Å². The molecular weight excluding hydrogens is 1260 g/mol. The molecule has 37 nitrogen and oxygen atoms in total. The Kier molecular flexibility index (Phi) is 20.5. The fourth-order valence-electron chi connectivity index (χ4n) is 8.72. The molecule has 4 aromatic rings. The van der Waals surface area contributed by atoms with Gasteiger partial charge >= 0.3 is 54.0 Å². The number of aliphatic hydroxyl groups excluding tert-OH is 1. The Morgan fingerprint density at radius 1 is 0.447 bits per heavy atom. The number of rotatable bonds is 26. The topological polar surface area (TPSA) is 467 Å². The van der Waals surface area contributed by atoms with Gasteiger partial charge in [0.1, 0.15) is 67.6 Å². The van der Waals surface area contributed by atoms with E-state index in [1.807, 2.05) is 0 Å². The first-order valence-electron chi connectivity index (χ1n) is 24.3. The maximum absolute atomic E-state index is 14.6. The summed E-state index contributed by atoms with van der Waals surface area (Å²) in [6.45, 7) is -3.82. The highest BCUT2D eigenvalue weighted by atomic mass is 31.2. The highest BCUT2D eigenvalue weighted by molar-refractivity contribution is 7.49. The van der Waals surface area contributed by atoms with Crippen molar-refractivity contribution in [1.29, 1.82) is 0 Å². The molecule has 0 radical (unpaired) electrons. The van der Waals surface area contributed by atoms with E-state index < -0.39 is 219 Å². The van der Waals surface area contributed by atoms with E-state index in [1.165, 1.54) is 0 Å². The van der Waals surface area contributed by atoms with Gasteiger partial charge in [-0.25, -0.2) is 37.4 Å². The molecule has 16 unspecified atom stereocenters. The number of ether oxygens (including phenoxy) is 4. The van der Waals surface area contributed by atoms with Crippen LogP contribution < -0.4 is 45.0 Å². The van der Waals surface area contributed by atoms with Crippen LogP contribution in [0.2, 0.25) is 0 Å². The number of phosphoric ester groups is 4. The summed E-state index contributed by atoms with van der Waals surface area (Å²) in [6.07, 6.45) is -19.6. The van der Waals surface area contributed by atoms with Crippen molar-refractivity contribution in [2.24, 2.45) is 0 Å². The van der Waals surface area contributed by atoms with Crippen LogP contribution in [0.1, 0.15) is 50.6 Å². The lowest BCUT2D eigenvalue weighted by Gasteiger charge is -2.27. The Bertz CT molecular complexity index is 3820. The van der Waals surface area contributed by atoms with Gasteiger partial charge < -0.3 is 28.9 Å². The standard InChI is InChI=1S/C40H50F4N8O29P4/c1-67-82(62,63)71-14-26-22(6-30(76-26)50-10-18(42)34(55)46-38(50)59)79-84(65,69-3)73-16-28-24(8-32(78-28)52-12-20(44)36(57)48-40(52)61)81-85(66,70-4)74-15-27-23(7-31(77-27)51-11-19(43)35(56)47-39(51)60)80-83(64,68-2)72-13-25-21(53)5-29(75-25)49-9-17(41)33(54)45-37(49)58/h9-12,21-32,53H,5-8,13-16H2,1-4H3,(H,62,63)(H,45,54,58)(H,46,55,59)(H,47,56,60)(H,48,57,61). The molecule has 8 rings (SSSR count). The fourth-order valence-corrected chi connectivity index (χ4v) is 12.6. The number of aliphatic hydroxyl groups is 1. The van der Waals surface area contributed by atoms with Crippen molar-refractivity contribution in [3.8, 4) is 0 Å². The molecule has 0 saturated carbocycles. The Labute approximate surface area is 468 Å². The summed E-state index contributed by atoms with van der Waals surface area (Å²) in [6, 6.07) is 0. The fraction of sp³-hybridized carbons (Fsp3) is 0.600. The number of nitrogens with zero attached hydrogens (tertiary/aromatic N) is 4. The molecule has 4 aliphatic heterocycles. The summed E-state index contributed by atoms with van der Waals surface area (Å²) < 4.78 is 196. The third-order valence-electron chi connectivity index (χ3n) is 13.0. The van der Waals surface area contributed by atoms with E-state index in [2.05, 4.69) is 4.52 Å². The molecule has 45 heteroatoms. The van der Waals surface area contributed by atoms with Crippen LogP contribution in [0.15, 0.2) is 63.1 Å². The second-order valence-electron chi connectivity index (χ2n) is 18.3. The zero-order valence-corrected chi connectivity index (χ0v) is 47.5. The molecule has 16 atom stereocenters.